The molecule has 1 aliphatic rings. The summed E-state index contributed by atoms with van der Waals surface area (Å²) in [6, 6.07) is -1.02. The number of hydrogen-bond donors (Lipinski definition) is 1. The Balaban J connectivity index is 2.86. The molecule has 0 saturated carbocycles. The van der Waals surface area contributed by atoms with Crippen molar-refractivity contribution in [2.75, 3.05) is 13.1 Å². The van der Waals surface area contributed by atoms with E-state index < -0.39 is 24.0 Å². The first-order valence-corrected chi connectivity index (χ1v) is 5.39. The number of rotatable bonds is 2. The number of carbonyl (C=O) groups excluding carboxylic acids is 2. The van der Waals surface area contributed by atoms with E-state index >= 15 is 0 Å². The molecular weight excluding hydrogens is 237 g/mol. The van der Waals surface area contributed by atoms with E-state index in [0.29, 0.717) is 4.90 Å². The molecule has 4 nitrogen and oxygen atoms in total. The van der Waals surface area contributed by atoms with Crippen LogP contribution in [0.4, 0.5) is 13.2 Å². The Labute approximate surface area is 97.1 Å². The van der Waals surface area contributed by atoms with E-state index in [1.165, 1.54) is 0 Å². The largest absolute Gasteiger partial charge is 0.471 e. The topological polar surface area (TPSA) is 49.4 Å². The highest BCUT2D eigenvalue weighted by Gasteiger charge is 2.47. The minimum Gasteiger partial charge on any atom is -0.353 e. The Morgan fingerprint density at radius 2 is 2.12 bits per heavy atom. The van der Waals surface area contributed by atoms with Gasteiger partial charge in [-0.1, -0.05) is 13.8 Å². The van der Waals surface area contributed by atoms with E-state index in [1.807, 2.05) is 0 Å². The average molecular weight is 252 g/mol. The average Bonchev–Trinajstić information content (AvgIpc) is 2.18. The molecule has 0 aliphatic carbocycles. The van der Waals surface area contributed by atoms with Gasteiger partial charge in [0.2, 0.25) is 5.91 Å². The van der Waals surface area contributed by atoms with Gasteiger partial charge in [0.25, 0.3) is 0 Å². The molecule has 1 atom stereocenters. The fourth-order valence-electron chi connectivity index (χ4n) is 1.80. The van der Waals surface area contributed by atoms with E-state index in [0.717, 1.165) is 0 Å². The second kappa shape index (κ2) is 4.93. The van der Waals surface area contributed by atoms with Gasteiger partial charge in [0.1, 0.15) is 6.04 Å². The van der Waals surface area contributed by atoms with E-state index in [1.54, 1.807) is 13.8 Å². The van der Waals surface area contributed by atoms with E-state index in [9.17, 15) is 22.8 Å². The van der Waals surface area contributed by atoms with Crippen LogP contribution in [0.25, 0.3) is 0 Å². The highest BCUT2D eigenvalue weighted by molar-refractivity contribution is 5.90. The third-order valence-corrected chi connectivity index (χ3v) is 2.53. The predicted molar refractivity (Wildman–Crippen MR) is 54.0 cm³/mol. The van der Waals surface area contributed by atoms with Gasteiger partial charge in [-0.25, -0.2) is 0 Å². The SMILES string of the molecule is CC(C)CC1C(=O)NCCN1C(=O)C(F)(F)F. The summed E-state index contributed by atoms with van der Waals surface area (Å²) in [6.07, 6.45) is -4.69. The zero-order chi connectivity index (χ0) is 13.2. The van der Waals surface area contributed by atoms with Crippen LogP contribution in [0.1, 0.15) is 20.3 Å². The molecule has 1 aliphatic heterocycles. The van der Waals surface area contributed by atoms with Crippen LogP contribution in [0.15, 0.2) is 0 Å². The lowest BCUT2D eigenvalue weighted by atomic mass is 10.00. The lowest BCUT2D eigenvalue weighted by molar-refractivity contribution is -0.189. The normalized spacial score (nSPS) is 21.6. The van der Waals surface area contributed by atoms with Crippen LogP contribution in [-0.4, -0.2) is 42.0 Å². The van der Waals surface area contributed by atoms with Crippen molar-refractivity contribution in [3.05, 3.63) is 0 Å². The van der Waals surface area contributed by atoms with Gasteiger partial charge in [0.05, 0.1) is 0 Å². The molecule has 0 aromatic heterocycles. The summed E-state index contributed by atoms with van der Waals surface area (Å²) < 4.78 is 37.0. The molecule has 0 aromatic carbocycles. The molecule has 0 radical (unpaired) electrons. The lowest BCUT2D eigenvalue weighted by Gasteiger charge is -2.36. The van der Waals surface area contributed by atoms with Crippen molar-refractivity contribution < 1.29 is 22.8 Å². The van der Waals surface area contributed by atoms with Gasteiger partial charge >= 0.3 is 12.1 Å². The van der Waals surface area contributed by atoms with Crippen LogP contribution in [0, 0.1) is 5.92 Å². The third kappa shape index (κ3) is 3.34. The Morgan fingerprint density at radius 1 is 1.53 bits per heavy atom. The van der Waals surface area contributed by atoms with Gasteiger partial charge in [-0.2, -0.15) is 13.2 Å². The summed E-state index contributed by atoms with van der Waals surface area (Å²) in [6.45, 7) is 3.55. The summed E-state index contributed by atoms with van der Waals surface area (Å²) in [5, 5.41) is 2.47. The molecule has 1 heterocycles. The predicted octanol–water partition coefficient (Wildman–Crippen LogP) is 0.922. The first kappa shape index (κ1) is 13.8. The number of halogens is 3. The van der Waals surface area contributed by atoms with Crippen LogP contribution in [-0.2, 0) is 9.59 Å². The molecule has 0 aromatic rings. The van der Waals surface area contributed by atoms with Crippen LogP contribution in [0.3, 0.4) is 0 Å². The number of alkyl halides is 3. The van der Waals surface area contributed by atoms with Crippen LogP contribution in [0.5, 0.6) is 0 Å². The Morgan fingerprint density at radius 3 is 2.59 bits per heavy atom. The Bertz CT molecular complexity index is 315. The molecule has 17 heavy (non-hydrogen) atoms. The monoisotopic (exact) mass is 252 g/mol. The van der Waals surface area contributed by atoms with E-state index in [4.69, 9.17) is 0 Å². The zero-order valence-electron chi connectivity index (χ0n) is 9.67. The quantitative estimate of drug-likeness (QED) is 0.794. The molecule has 7 heteroatoms. The molecule has 2 amide bonds. The maximum atomic E-state index is 12.3. The Kier molecular flexibility index (Phi) is 4.00. The van der Waals surface area contributed by atoms with E-state index in [-0.39, 0.29) is 25.4 Å². The Hall–Kier alpha value is -1.27. The maximum absolute atomic E-state index is 12.3. The van der Waals surface area contributed by atoms with Crippen molar-refractivity contribution in [1.82, 2.24) is 10.2 Å². The summed E-state index contributed by atoms with van der Waals surface area (Å²) in [7, 11) is 0. The molecule has 1 fully saturated rings. The number of nitrogens with one attached hydrogen (secondary N) is 1. The zero-order valence-corrected chi connectivity index (χ0v) is 9.67. The second-order valence-electron chi connectivity index (χ2n) is 4.43. The molecule has 1 saturated heterocycles. The minimum absolute atomic E-state index is 0.0346. The fourth-order valence-corrected chi connectivity index (χ4v) is 1.80. The molecule has 1 N–H and O–H groups in total. The number of hydrogen-bond acceptors (Lipinski definition) is 2. The van der Waals surface area contributed by atoms with Gasteiger partial charge in [-0.05, 0) is 12.3 Å². The van der Waals surface area contributed by atoms with Gasteiger partial charge in [-0.3, -0.25) is 9.59 Å². The van der Waals surface area contributed by atoms with Gasteiger partial charge in [0, 0.05) is 13.1 Å². The van der Waals surface area contributed by atoms with Crippen molar-refractivity contribution in [3.8, 4) is 0 Å². The molecule has 0 spiro atoms. The molecule has 1 unspecified atom stereocenters. The second-order valence-corrected chi connectivity index (χ2v) is 4.43. The molecule has 1 rings (SSSR count). The lowest BCUT2D eigenvalue weighted by Crippen LogP contribution is -2.60. The number of piperazine rings is 1. The standard InChI is InChI=1S/C10H15F3N2O2/c1-6(2)5-7-8(16)14-3-4-15(7)9(17)10(11,12)13/h6-7H,3-5H2,1-2H3,(H,14,16). The third-order valence-electron chi connectivity index (χ3n) is 2.53. The van der Waals surface area contributed by atoms with Gasteiger partial charge < -0.3 is 10.2 Å². The number of amides is 2. The number of carbonyl (C=O) groups is 2. The van der Waals surface area contributed by atoms with Crippen molar-refractivity contribution in [2.24, 2.45) is 5.92 Å². The smallest absolute Gasteiger partial charge is 0.353 e. The van der Waals surface area contributed by atoms with Crippen LogP contribution in [0.2, 0.25) is 0 Å². The highest BCUT2D eigenvalue weighted by atomic mass is 19.4. The van der Waals surface area contributed by atoms with Crippen molar-refractivity contribution in [1.29, 1.82) is 0 Å². The van der Waals surface area contributed by atoms with Crippen molar-refractivity contribution >= 4 is 11.8 Å². The highest BCUT2D eigenvalue weighted by Crippen LogP contribution is 2.23. The summed E-state index contributed by atoms with van der Waals surface area (Å²) in [4.78, 5) is 23.3. The molecular formula is C10H15F3N2O2. The summed E-state index contributed by atoms with van der Waals surface area (Å²) >= 11 is 0. The van der Waals surface area contributed by atoms with Crippen LogP contribution < -0.4 is 5.32 Å². The first-order chi connectivity index (χ1) is 7.73. The summed E-state index contributed by atoms with van der Waals surface area (Å²) in [5.74, 6) is -2.41. The minimum atomic E-state index is -4.92. The fraction of sp³-hybridized carbons (Fsp3) is 0.800. The summed E-state index contributed by atoms with van der Waals surface area (Å²) in [5.41, 5.74) is 0. The van der Waals surface area contributed by atoms with Gasteiger partial charge in [0.15, 0.2) is 0 Å². The van der Waals surface area contributed by atoms with Crippen molar-refractivity contribution in [2.45, 2.75) is 32.5 Å². The van der Waals surface area contributed by atoms with Crippen molar-refractivity contribution in [3.63, 3.8) is 0 Å². The number of nitrogens with zero attached hydrogens (tertiary/aromatic N) is 1. The molecule has 98 valence electrons. The van der Waals surface area contributed by atoms with Gasteiger partial charge in [-0.15, -0.1) is 0 Å². The first-order valence-electron chi connectivity index (χ1n) is 5.39. The van der Waals surface area contributed by atoms with Crippen LogP contribution >= 0.6 is 0 Å². The molecule has 0 bridgehead atoms. The maximum Gasteiger partial charge on any atom is 0.471 e. The van der Waals surface area contributed by atoms with E-state index in [2.05, 4.69) is 5.32 Å².